The second-order valence-electron chi connectivity index (χ2n) is 4.34. The molecule has 0 saturated carbocycles. The van der Waals surface area contributed by atoms with Crippen molar-refractivity contribution < 1.29 is 9.13 Å². The maximum Gasteiger partial charge on any atom is 0.166 e. The number of imidazole rings is 1. The van der Waals surface area contributed by atoms with Gasteiger partial charge in [-0.25, -0.2) is 9.37 Å². The molecule has 0 aliphatic heterocycles. The highest BCUT2D eigenvalue weighted by Crippen LogP contribution is 2.25. The molecule has 0 radical (unpaired) electrons. The minimum absolute atomic E-state index is 0.213. The number of benzene rings is 2. The summed E-state index contributed by atoms with van der Waals surface area (Å²) in [6.45, 7) is 0. The van der Waals surface area contributed by atoms with E-state index in [1.165, 1.54) is 12.1 Å². The Balaban J connectivity index is 1.75. The second-order valence-corrected chi connectivity index (χ2v) is 5.30. The quantitative estimate of drug-likeness (QED) is 0.737. The second kappa shape index (κ2) is 5.54. The monoisotopic (exact) mass is 288 g/mol. The van der Waals surface area contributed by atoms with Crippen LogP contribution in [0.3, 0.4) is 0 Å². The third-order valence-corrected chi connectivity index (χ3v) is 3.90. The summed E-state index contributed by atoms with van der Waals surface area (Å²) >= 11 is 1.59. The summed E-state index contributed by atoms with van der Waals surface area (Å²) in [4.78, 5) is 7.75. The number of methoxy groups -OCH3 is 1. The minimum Gasteiger partial charge on any atom is -0.497 e. The van der Waals surface area contributed by atoms with Crippen LogP contribution >= 0.6 is 11.8 Å². The lowest BCUT2D eigenvalue weighted by Gasteiger charge is -1.98. The van der Waals surface area contributed by atoms with Gasteiger partial charge in [0.1, 0.15) is 11.6 Å². The van der Waals surface area contributed by atoms with Crippen LogP contribution in [-0.4, -0.2) is 17.1 Å². The van der Waals surface area contributed by atoms with Crippen molar-refractivity contribution in [2.24, 2.45) is 0 Å². The smallest absolute Gasteiger partial charge is 0.166 e. The normalized spacial score (nSPS) is 10.9. The number of H-pyrrole nitrogens is 1. The van der Waals surface area contributed by atoms with E-state index in [0.717, 1.165) is 33.3 Å². The Labute approximate surface area is 120 Å². The Morgan fingerprint density at radius 3 is 2.75 bits per heavy atom. The summed E-state index contributed by atoms with van der Waals surface area (Å²) in [5.41, 5.74) is 2.92. The van der Waals surface area contributed by atoms with Crippen LogP contribution in [-0.2, 0) is 5.75 Å². The first-order chi connectivity index (χ1) is 9.74. The maximum atomic E-state index is 12.8. The molecule has 102 valence electrons. The average Bonchev–Trinajstić information content (AvgIpc) is 2.88. The highest BCUT2D eigenvalue weighted by atomic mass is 32.2. The van der Waals surface area contributed by atoms with Gasteiger partial charge < -0.3 is 9.72 Å². The van der Waals surface area contributed by atoms with E-state index in [4.69, 9.17) is 4.74 Å². The van der Waals surface area contributed by atoms with Gasteiger partial charge in [-0.15, -0.1) is 0 Å². The molecule has 0 fully saturated rings. The lowest BCUT2D eigenvalue weighted by Crippen LogP contribution is -1.82. The molecule has 0 unspecified atom stereocenters. The molecule has 5 heteroatoms. The molecule has 3 aromatic rings. The zero-order valence-electron chi connectivity index (χ0n) is 10.9. The first kappa shape index (κ1) is 13.0. The number of ether oxygens (including phenoxy) is 1. The molecule has 3 nitrogen and oxygen atoms in total. The third kappa shape index (κ3) is 2.77. The average molecular weight is 288 g/mol. The van der Waals surface area contributed by atoms with E-state index in [9.17, 15) is 4.39 Å². The molecule has 0 bridgehead atoms. The van der Waals surface area contributed by atoms with Crippen LogP contribution in [0, 0.1) is 5.82 Å². The minimum atomic E-state index is -0.213. The van der Waals surface area contributed by atoms with Gasteiger partial charge in [-0.3, -0.25) is 0 Å². The van der Waals surface area contributed by atoms with Gasteiger partial charge >= 0.3 is 0 Å². The van der Waals surface area contributed by atoms with Crippen LogP contribution in [0.25, 0.3) is 11.0 Å². The highest BCUT2D eigenvalue weighted by Gasteiger charge is 2.05. The van der Waals surface area contributed by atoms with Crippen molar-refractivity contribution in [3.8, 4) is 5.75 Å². The van der Waals surface area contributed by atoms with Crippen LogP contribution in [0.5, 0.6) is 5.75 Å². The summed E-state index contributed by atoms with van der Waals surface area (Å²) in [6, 6.07) is 12.2. The fraction of sp³-hybridized carbons (Fsp3) is 0.133. The lowest BCUT2D eigenvalue weighted by atomic mass is 10.2. The highest BCUT2D eigenvalue weighted by molar-refractivity contribution is 7.98. The van der Waals surface area contributed by atoms with Gasteiger partial charge in [-0.1, -0.05) is 23.9 Å². The van der Waals surface area contributed by atoms with Crippen molar-refractivity contribution in [3.63, 3.8) is 0 Å². The first-order valence-corrected chi connectivity index (χ1v) is 7.14. The Kier molecular flexibility index (Phi) is 3.60. The molecule has 0 aliphatic carbocycles. The number of thioether (sulfide) groups is 1. The third-order valence-electron chi connectivity index (χ3n) is 2.96. The zero-order chi connectivity index (χ0) is 13.9. The number of hydrogen-bond donors (Lipinski definition) is 1. The molecule has 1 N–H and O–H groups in total. The van der Waals surface area contributed by atoms with E-state index in [1.807, 2.05) is 18.2 Å². The molecule has 0 saturated heterocycles. The molecule has 2 aromatic carbocycles. The molecule has 3 rings (SSSR count). The van der Waals surface area contributed by atoms with Gasteiger partial charge in [-0.05, 0) is 29.8 Å². The van der Waals surface area contributed by atoms with Crippen molar-refractivity contribution >= 4 is 22.8 Å². The van der Waals surface area contributed by atoms with E-state index < -0.39 is 0 Å². The molecule has 0 aliphatic rings. The van der Waals surface area contributed by atoms with Crippen LogP contribution < -0.4 is 4.74 Å². The van der Waals surface area contributed by atoms with Crippen molar-refractivity contribution in [1.29, 1.82) is 0 Å². The lowest BCUT2D eigenvalue weighted by molar-refractivity contribution is 0.415. The number of aromatic amines is 1. The van der Waals surface area contributed by atoms with Gasteiger partial charge in [0.25, 0.3) is 0 Å². The molecular formula is C15H13FN2OS. The first-order valence-electron chi connectivity index (χ1n) is 6.15. The van der Waals surface area contributed by atoms with Crippen LogP contribution in [0.15, 0.2) is 47.6 Å². The van der Waals surface area contributed by atoms with E-state index in [2.05, 4.69) is 9.97 Å². The van der Waals surface area contributed by atoms with E-state index in [1.54, 1.807) is 31.0 Å². The van der Waals surface area contributed by atoms with Gasteiger partial charge in [-0.2, -0.15) is 0 Å². The fourth-order valence-corrected chi connectivity index (χ4v) is 2.73. The number of rotatable bonds is 4. The molecule has 0 amide bonds. The van der Waals surface area contributed by atoms with Gasteiger partial charge in [0, 0.05) is 11.8 Å². The molecular weight excluding hydrogens is 275 g/mol. The topological polar surface area (TPSA) is 37.9 Å². The largest absolute Gasteiger partial charge is 0.497 e. The molecule has 0 atom stereocenters. The number of hydrogen-bond acceptors (Lipinski definition) is 3. The SMILES string of the molecule is COc1ccc2nc(SCc3ccc(F)cc3)[nH]c2c1. The van der Waals surface area contributed by atoms with Crippen LogP contribution in [0.1, 0.15) is 5.56 Å². The Morgan fingerprint density at radius 2 is 2.00 bits per heavy atom. The Morgan fingerprint density at radius 1 is 1.20 bits per heavy atom. The van der Waals surface area contributed by atoms with Crippen molar-refractivity contribution in [2.45, 2.75) is 10.9 Å². The van der Waals surface area contributed by atoms with Crippen molar-refractivity contribution in [1.82, 2.24) is 9.97 Å². The van der Waals surface area contributed by atoms with Crippen molar-refractivity contribution in [3.05, 3.63) is 53.8 Å². The van der Waals surface area contributed by atoms with Crippen molar-refractivity contribution in [2.75, 3.05) is 7.11 Å². The molecule has 1 heterocycles. The number of halogens is 1. The number of aromatic nitrogens is 2. The molecule has 0 spiro atoms. The Bertz CT molecular complexity index is 724. The van der Waals surface area contributed by atoms with E-state index >= 15 is 0 Å². The predicted molar refractivity (Wildman–Crippen MR) is 78.6 cm³/mol. The van der Waals surface area contributed by atoms with E-state index in [-0.39, 0.29) is 5.82 Å². The van der Waals surface area contributed by atoms with Gasteiger partial charge in [0.15, 0.2) is 5.16 Å². The summed E-state index contributed by atoms with van der Waals surface area (Å²) in [5.74, 6) is 1.34. The molecule has 20 heavy (non-hydrogen) atoms. The summed E-state index contributed by atoms with van der Waals surface area (Å²) < 4.78 is 18.0. The Hall–Kier alpha value is -2.01. The standard InChI is InChI=1S/C15H13FN2OS/c1-19-12-6-7-13-14(8-12)18-15(17-13)20-9-10-2-4-11(16)5-3-10/h2-8H,9H2,1H3,(H,17,18). The van der Waals surface area contributed by atoms with Gasteiger partial charge in [0.05, 0.1) is 18.1 Å². The fourth-order valence-electron chi connectivity index (χ4n) is 1.89. The zero-order valence-corrected chi connectivity index (χ0v) is 11.7. The summed E-state index contributed by atoms with van der Waals surface area (Å²) in [7, 11) is 1.64. The van der Waals surface area contributed by atoms with Gasteiger partial charge in [0.2, 0.25) is 0 Å². The molecule has 1 aromatic heterocycles. The summed E-state index contributed by atoms with van der Waals surface area (Å²) in [6.07, 6.45) is 0. The van der Waals surface area contributed by atoms with Crippen LogP contribution in [0.4, 0.5) is 4.39 Å². The van der Waals surface area contributed by atoms with E-state index in [0.29, 0.717) is 0 Å². The van der Waals surface area contributed by atoms with Crippen LogP contribution in [0.2, 0.25) is 0 Å². The predicted octanol–water partition coefficient (Wildman–Crippen LogP) is 4.00. The number of nitrogens with one attached hydrogen (secondary N) is 1. The number of nitrogens with zero attached hydrogens (tertiary/aromatic N) is 1. The maximum absolute atomic E-state index is 12.8. The summed E-state index contributed by atoms with van der Waals surface area (Å²) in [5, 5.41) is 0.845. The number of fused-ring (bicyclic) bond motifs is 1.